The Labute approximate surface area is 170 Å². The van der Waals surface area contributed by atoms with Crippen molar-refractivity contribution in [3.8, 4) is 0 Å². The summed E-state index contributed by atoms with van der Waals surface area (Å²) in [7, 11) is 0. The second-order valence-electron chi connectivity index (χ2n) is 6.11. The minimum atomic E-state index is -1.23. The zero-order chi connectivity index (χ0) is 19.2. The lowest BCUT2D eigenvalue weighted by Crippen LogP contribution is -2.44. The van der Waals surface area contributed by atoms with Gasteiger partial charge >= 0.3 is 5.97 Å². The van der Waals surface area contributed by atoms with Crippen molar-refractivity contribution in [2.24, 2.45) is 0 Å². The fourth-order valence-electron chi connectivity index (χ4n) is 2.92. The Kier molecular flexibility index (Phi) is 6.73. The minimum Gasteiger partial charge on any atom is -0.480 e. The molecule has 3 rings (SSSR count). The lowest BCUT2D eigenvalue weighted by molar-refractivity contribution is -0.149. The number of aromatic nitrogens is 1. The summed E-state index contributed by atoms with van der Waals surface area (Å²) < 4.78 is 0.586. The number of thiazole rings is 1. The maximum absolute atomic E-state index is 12.1. The number of hydrogen-bond donors (Lipinski definition) is 2. The van der Waals surface area contributed by atoms with Gasteiger partial charge in [-0.05, 0) is 27.1 Å². The lowest BCUT2D eigenvalue weighted by atomic mass is 10.1. The van der Waals surface area contributed by atoms with Crippen LogP contribution in [0.2, 0.25) is 0 Å². The van der Waals surface area contributed by atoms with Crippen LogP contribution in [0.1, 0.15) is 22.2 Å². The number of aliphatic hydroxyl groups excluding tert-OH is 1. The fourth-order valence-corrected chi connectivity index (χ4v) is 4.20. The molecule has 3 aromatic rings. The molecule has 27 heavy (non-hydrogen) atoms. The molecule has 0 amide bonds. The summed E-state index contributed by atoms with van der Waals surface area (Å²) >= 11 is 4.49. The van der Waals surface area contributed by atoms with Crippen molar-refractivity contribution in [1.29, 1.82) is 0 Å². The van der Waals surface area contributed by atoms with Crippen molar-refractivity contribution < 1.29 is 15.0 Å². The lowest BCUT2D eigenvalue weighted by Gasteiger charge is -2.31. The van der Waals surface area contributed by atoms with Gasteiger partial charge < -0.3 is 10.2 Å². The van der Waals surface area contributed by atoms with Gasteiger partial charge in [0.1, 0.15) is 21.8 Å². The fraction of sp³-hybridized carbons (Fsp3) is 0.200. The van der Waals surface area contributed by atoms with Crippen molar-refractivity contribution >= 4 is 33.2 Å². The van der Waals surface area contributed by atoms with Crippen LogP contribution in [0.5, 0.6) is 0 Å². The highest BCUT2D eigenvalue weighted by molar-refractivity contribution is 9.10. The zero-order valence-corrected chi connectivity index (χ0v) is 16.8. The molecule has 2 aromatic carbocycles. The third-order valence-electron chi connectivity index (χ3n) is 4.15. The molecule has 0 aliphatic carbocycles. The second kappa shape index (κ2) is 9.23. The van der Waals surface area contributed by atoms with E-state index >= 15 is 0 Å². The van der Waals surface area contributed by atoms with E-state index in [4.69, 9.17) is 0 Å². The number of benzene rings is 2. The van der Waals surface area contributed by atoms with Crippen LogP contribution in [0.15, 0.2) is 70.6 Å². The molecule has 140 valence electrons. The van der Waals surface area contributed by atoms with Gasteiger partial charge in [-0.1, -0.05) is 60.7 Å². The summed E-state index contributed by atoms with van der Waals surface area (Å²) in [6.45, 7) is 0.798. The third-order valence-corrected chi connectivity index (χ3v) is 5.77. The van der Waals surface area contributed by atoms with E-state index in [-0.39, 0.29) is 0 Å². The highest BCUT2D eigenvalue weighted by Gasteiger charge is 2.35. The first-order valence-corrected chi connectivity index (χ1v) is 10.1. The van der Waals surface area contributed by atoms with Gasteiger partial charge in [-0.25, -0.2) is 4.98 Å². The van der Waals surface area contributed by atoms with Crippen molar-refractivity contribution in [3.05, 3.63) is 86.8 Å². The highest BCUT2D eigenvalue weighted by atomic mass is 79.9. The van der Waals surface area contributed by atoms with Crippen LogP contribution in [-0.2, 0) is 17.9 Å². The van der Waals surface area contributed by atoms with Crippen molar-refractivity contribution in [2.75, 3.05) is 0 Å². The van der Waals surface area contributed by atoms with Crippen LogP contribution in [0, 0.1) is 0 Å². The normalized spacial score (nSPS) is 13.4. The number of halogens is 1. The average Bonchev–Trinajstić information content (AvgIpc) is 3.09. The monoisotopic (exact) mass is 446 g/mol. The van der Waals surface area contributed by atoms with Gasteiger partial charge in [0, 0.05) is 18.5 Å². The molecule has 0 fully saturated rings. The number of aliphatic carboxylic acids is 1. The Morgan fingerprint density at radius 2 is 1.56 bits per heavy atom. The molecule has 0 radical (unpaired) electrons. The molecule has 1 heterocycles. The van der Waals surface area contributed by atoms with E-state index in [0.717, 1.165) is 11.1 Å². The molecule has 5 nitrogen and oxygen atoms in total. The summed E-state index contributed by atoms with van der Waals surface area (Å²) in [4.78, 5) is 18.1. The van der Waals surface area contributed by atoms with Crippen LogP contribution in [-0.4, -0.2) is 32.1 Å². The molecule has 0 unspecified atom stereocenters. The van der Waals surface area contributed by atoms with E-state index in [9.17, 15) is 15.0 Å². The molecule has 1 aromatic heterocycles. The van der Waals surface area contributed by atoms with Gasteiger partial charge in [0.25, 0.3) is 0 Å². The topological polar surface area (TPSA) is 73.7 Å². The van der Waals surface area contributed by atoms with E-state index in [2.05, 4.69) is 20.9 Å². The van der Waals surface area contributed by atoms with E-state index < -0.39 is 18.1 Å². The van der Waals surface area contributed by atoms with E-state index in [0.29, 0.717) is 22.7 Å². The second-order valence-corrected chi connectivity index (χ2v) is 7.81. The van der Waals surface area contributed by atoms with Crippen LogP contribution in [0.4, 0.5) is 0 Å². The zero-order valence-electron chi connectivity index (χ0n) is 14.4. The molecule has 0 saturated heterocycles. The van der Waals surface area contributed by atoms with Crippen LogP contribution < -0.4 is 0 Å². The smallest absolute Gasteiger partial charge is 0.324 e. The molecular formula is C20H19BrN2O3S. The quantitative estimate of drug-likeness (QED) is 0.544. The Balaban J connectivity index is 1.92. The number of rotatable bonds is 8. The number of carboxylic acid groups (broad SMARTS) is 1. The standard InChI is InChI=1S/C20H19BrN2O3S/c21-16-13-27-19(22-16)18(24)17(20(25)26)23(11-14-7-3-1-4-8-14)12-15-9-5-2-6-10-15/h1-10,13,17-18,24H,11-12H2,(H,25,26)/t17-,18-/m0/s1. The first kappa shape index (κ1) is 19.7. The van der Waals surface area contributed by atoms with Gasteiger partial charge in [-0.3, -0.25) is 9.69 Å². The van der Waals surface area contributed by atoms with Crippen molar-refractivity contribution in [2.45, 2.75) is 25.2 Å². The van der Waals surface area contributed by atoms with Crippen molar-refractivity contribution in [3.63, 3.8) is 0 Å². The van der Waals surface area contributed by atoms with Gasteiger partial charge in [0.05, 0.1) is 0 Å². The summed E-state index contributed by atoms with van der Waals surface area (Å²) in [5.74, 6) is -1.08. The molecule has 0 spiro atoms. The molecule has 7 heteroatoms. The Hall–Kier alpha value is -2.06. The maximum Gasteiger partial charge on any atom is 0.324 e. The van der Waals surface area contributed by atoms with E-state index in [1.165, 1.54) is 11.3 Å². The first-order chi connectivity index (χ1) is 13.0. The minimum absolute atomic E-state index is 0.375. The average molecular weight is 447 g/mol. The van der Waals surface area contributed by atoms with Crippen LogP contribution in [0.25, 0.3) is 0 Å². The molecule has 0 bridgehead atoms. The number of nitrogens with zero attached hydrogens (tertiary/aromatic N) is 2. The number of hydrogen-bond acceptors (Lipinski definition) is 5. The van der Waals surface area contributed by atoms with E-state index in [1.54, 1.807) is 10.3 Å². The third kappa shape index (κ3) is 5.23. The Morgan fingerprint density at radius 3 is 1.96 bits per heavy atom. The predicted octanol–water partition coefficient (Wildman–Crippen LogP) is 4.09. The summed E-state index contributed by atoms with van der Waals surface area (Å²) in [5.41, 5.74) is 1.96. The maximum atomic E-state index is 12.1. The van der Waals surface area contributed by atoms with Gasteiger partial charge in [0.15, 0.2) is 0 Å². The molecular weight excluding hydrogens is 428 g/mol. The predicted molar refractivity (Wildman–Crippen MR) is 108 cm³/mol. The van der Waals surface area contributed by atoms with Gasteiger partial charge in [-0.2, -0.15) is 0 Å². The van der Waals surface area contributed by atoms with Crippen molar-refractivity contribution in [1.82, 2.24) is 9.88 Å². The molecule has 2 atom stereocenters. The van der Waals surface area contributed by atoms with Crippen LogP contribution in [0.3, 0.4) is 0 Å². The first-order valence-electron chi connectivity index (χ1n) is 8.38. The highest BCUT2D eigenvalue weighted by Crippen LogP contribution is 2.28. The Morgan fingerprint density at radius 1 is 1.04 bits per heavy atom. The van der Waals surface area contributed by atoms with E-state index in [1.807, 2.05) is 60.7 Å². The van der Waals surface area contributed by atoms with Crippen LogP contribution >= 0.6 is 27.3 Å². The Bertz CT molecular complexity index is 832. The molecule has 0 aliphatic rings. The number of carboxylic acids is 1. The molecule has 0 aliphatic heterocycles. The number of carbonyl (C=O) groups is 1. The van der Waals surface area contributed by atoms with Gasteiger partial charge in [0.2, 0.25) is 0 Å². The molecule has 0 saturated carbocycles. The number of aliphatic hydroxyl groups is 1. The summed E-state index contributed by atoms with van der Waals surface area (Å²) in [6, 6.07) is 18.2. The largest absolute Gasteiger partial charge is 0.480 e. The summed E-state index contributed by atoms with van der Waals surface area (Å²) in [6.07, 6.45) is -1.23. The molecule has 2 N–H and O–H groups in total. The SMILES string of the molecule is O=C(O)[C@H]([C@H](O)c1nc(Br)cs1)N(Cc1ccccc1)Cc1ccccc1. The van der Waals surface area contributed by atoms with Gasteiger partial charge in [-0.15, -0.1) is 11.3 Å². The summed E-state index contributed by atoms with van der Waals surface area (Å²) in [5, 5.41) is 22.8.